The first-order valence-corrected chi connectivity index (χ1v) is 8.21. The lowest BCUT2D eigenvalue weighted by Crippen LogP contribution is -2.21. The molecule has 0 spiro atoms. The Balaban J connectivity index is 2.67. The van der Waals surface area contributed by atoms with Gasteiger partial charge in [-0.15, -0.1) is 0 Å². The molecule has 1 atom stereocenters. The number of pyridine rings is 1. The Kier molecular flexibility index (Phi) is 6.27. The third-order valence-electron chi connectivity index (χ3n) is 4.02. The van der Waals surface area contributed by atoms with E-state index >= 15 is 0 Å². The number of nitrogens with one attached hydrogen (secondary N) is 1. The first kappa shape index (κ1) is 19.4. The Morgan fingerprint density at radius 3 is 2.54 bits per heavy atom. The molecule has 0 aliphatic rings. The van der Waals surface area contributed by atoms with Crippen molar-refractivity contribution in [2.75, 3.05) is 20.8 Å². The van der Waals surface area contributed by atoms with E-state index in [1.165, 1.54) is 20.3 Å². The Hall–Kier alpha value is -2.96. The van der Waals surface area contributed by atoms with Crippen molar-refractivity contribution in [3.63, 3.8) is 0 Å². The molecule has 0 aliphatic carbocycles. The minimum absolute atomic E-state index is 0.0789. The molecule has 2 N–H and O–H groups in total. The van der Waals surface area contributed by atoms with E-state index in [1.54, 1.807) is 32.0 Å². The van der Waals surface area contributed by atoms with Crippen molar-refractivity contribution in [2.24, 2.45) is 0 Å². The Labute approximate surface area is 151 Å². The molecule has 7 heteroatoms. The van der Waals surface area contributed by atoms with Crippen LogP contribution in [0.25, 0.3) is 0 Å². The molecule has 26 heavy (non-hydrogen) atoms. The van der Waals surface area contributed by atoms with Gasteiger partial charge in [0.05, 0.1) is 32.8 Å². The third kappa shape index (κ3) is 4.17. The highest BCUT2D eigenvalue weighted by Crippen LogP contribution is 2.38. The number of hydrogen-bond donors (Lipinski definition) is 2. The number of aromatic amines is 1. The Morgan fingerprint density at radius 1 is 1.23 bits per heavy atom. The maximum absolute atomic E-state index is 12.5. The fourth-order valence-corrected chi connectivity index (χ4v) is 2.88. The number of aromatic hydroxyl groups is 1. The molecular weight excluding hydrogens is 338 g/mol. The smallest absolute Gasteiger partial charge is 0.306 e. The Bertz CT molecular complexity index is 842. The van der Waals surface area contributed by atoms with Gasteiger partial charge in [-0.1, -0.05) is 0 Å². The lowest BCUT2D eigenvalue weighted by molar-refractivity contribution is -0.143. The molecule has 2 rings (SSSR count). The summed E-state index contributed by atoms with van der Waals surface area (Å²) in [6, 6.07) is 6.53. The third-order valence-corrected chi connectivity index (χ3v) is 4.02. The van der Waals surface area contributed by atoms with Gasteiger partial charge in [0.15, 0.2) is 0 Å². The number of methoxy groups -OCH3 is 2. The van der Waals surface area contributed by atoms with Crippen molar-refractivity contribution in [2.45, 2.75) is 26.2 Å². The van der Waals surface area contributed by atoms with Gasteiger partial charge in [-0.05, 0) is 38.1 Å². The van der Waals surface area contributed by atoms with Crippen molar-refractivity contribution in [3.05, 3.63) is 51.4 Å². The number of aromatic nitrogens is 1. The lowest BCUT2D eigenvalue weighted by atomic mass is 9.87. The zero-order valence-corrected chi connectivity index (χ0v) is 15.3. The molecule has 0 bridgehead atoms. The van der Waals surface area contributed by atoms with E-state index in [4.69, 9.17) is 14.2 Å². The zero-order chi connectivity index (χ0) is 19.3. The van der Waals surface area contributed by atoms with Crippen molar-refractivity contribution in [1.29, 1.82) is 0 Å². The topological polar surface area (TPSA) is 97.8 Å². The first-order chi connectivity index (χ1) is 12.4. The number of H-pyrrole nitrogens is 1. The van der Waals surface area contributed by atoms with Crippen LogP contribution in [0.2, 0.25) is 0 Å². The molecule has 7 nitrogen and oxygen atoms in total. The summed E-state index contributed by atoms with van der Waals surface area (Å²) in [5.41, 5.74) is 0.671. The number of rotatable bonds is 7. The van der Waals surface area contributed by atoms with Crippen LogP contribution in [-0.2, 0) is 9.53 Å². The van der Waals surface area contributed by atoms with Gasteiger partial charge in [0.25, 0.3) is 5.56 Å². The maximum atomic E-state index is 12.5. The number of carbonyl (C=O) groups excluding carboxylic acids is 1. The van der Waals surface area contributed by atoms with Gasteiger partial charge in [0.1, 0.15) is 17.2 Å². The summed E-state index contributed by atoms with van der Waals surface area (Å²) in [5, 5.41) is 10.4. The van der Waals surface area contributed by atoms with Crippen LogP contribution in [0.1, 0.15) is 36.1 Å². The van der Waals surface area contributed by atoms with Gasteiger partial charge in [-0.25, -0.2) is 0 Å². The van der Waals surface area contributed by atoms with Crippen LogP contribution in [0.15, 0.2) is 29.1 Å². The summed E-state index contributed by atoms with van der Waals surface area (Å²) in [4.78, 5) is 27.3. The molecule has 0 aliphatic heterocycles. The average Bonchev–Trinajstić information content (AvgIpc) is 2.59. The summed E-state index contributed by atoms with van der Waals surface area (Å²) < 4.78 is 15.7. The molecule has 1 heterocycles. The van der Waals surface area contributed by atoms with Crippen LogP contribution in [0.5, 0.6) is 17.2 Å². The second kappa shape index (κ2) is 8.42. The summed E-state index contributed by atoms with van der Waals surface area (Å²) in [6.45, 7) is 3.59. The van der Waals surface area contributed by atoms with E-state index in [1.807, 2.05) is 0 Å². The molecule has 0 amide bonds. The number of esters is 1. The van der Waals surface area contributed by atoms with Crippen molar-refractivity contribution < 1.29 is 24.1 Å². The quantitative estimate of drug-likeness (QED) is 0.735. The van der Waals surface area contributed by atoms with E-state index in [0.717, 1.165) is 0 Å². The lowest BCUT2D eigenvalue weighted by Gasteiger charge is -2.21. The maximum Gasteiger partial charge on any atom is 0.306 e. The van der Waals surface area contributed by atoms with E-state index in [2.05, 4.69) is 4.98 Å². The second-order valence-electron chi connectivity index (χ2n) is 5.75. The van der Waals surface area contributed by atoms with Crippen molar-refractivity contribution >= 4 is 5.97 Å². The monoisotopic (exact) mass is 361 g/mol. The SMILES string of the molecule is CCOC(=O)C[C@H](c1cc(OC)ccc1OC)c1c(O)cc(C)[nH]c1=O. The average molecular weight is 361 g/mol. The molecule has 1 aromatic carbocycles. The van der Waals surface area contributed by atoms with E-state index < -0.39 is 17.4 Å². The van der Waals surface area contributed by atoms with Crippen LogP contribution in [-0.4, -0.2) is 36.9 Å². The highest BCUT2D eigenvalue weighted by Gasteiger charge is 2.28. The van der Waals surface area contributed by atoms with Crippen LogP contribution < -0.4 is 15.0 Å². The van der Waals surface area contributed by atoms with Gasteiger partial charge in [0.2, 0.25) is 0 Å². The van der Waals surface area contributed by atoms with Crippen LogP contribution in [0, 0.1) is 6.92 Å². The number of benzene rings is 1. The predicted molar refractivity (Wildman–Crippen MR) is 96.1 cm³/mol. The van der Waals surface area contributed by atoms with E-state index in [0.29, 0.717) is 22.8 Å². The molecule has 0 saturated heterocycles. The summed E-state index contributed by atoms with van der Waals surface area (Å²) >= 11 is 0. The number of hydrogen-bond acceptors (Lipinski definition) is 6. The fourth-order valence-electron chi connectivity index (χ4n) is 2.88. The van der Waals surface area contributed by atoms with E-state index in [-0.39, 0.29) is 24.3 Å². The van der Waals surface area contributed by atoms with Gasteiger partial charge >= 0.3 is 5.97 Å². The second-order valence-corrected chi connectivity index (χ2v) is 5.75. The first-order valence-electron chi connectivity index (χ1n) is 8.21. The van der Waals surface area contributed by atoms with Crippen molar-refractivity contribution in [1.82, 2.24) is 4.98 Å². The molecule has 0 fully saturated rings. The minimum atomic E-state index is -0.761. The molecule has 0 radical (unpaired) electrons. The molecule has 0 saturated carbocycles. The predicted octanol–water partition coefficient (Wildman–Crippen LogP) is 2.49. The largest absolute Gasteiger partial charge is 0.507 e. The molecule has 1 aromatic heterocycles. The number of carbonyl (C=O) groups is 1. The Morgan fingerprint density at radius 2 is 1.96 bits per heavy atom. The van der Waals surface area contributed by atoms with Crippen LogP contribution in [0.3, 0.4) is 0 Å². The van der Waals surface area contributed by atoms with Crippen LogP contribution >= 0.6 is 0 Å². The standard InChI is InChI=1S/C19H23NO6/c1-5-26-17(22)10-14(18-15(21)8-11(2)20-19(18)23)13-9-12(24-3)6-7-16(13)25-4/h6-9,14H,5,10H2,1-4H3,(H2,20,21,23)/t14-/m1/s1. The normalized spacial score (nSPS) is 11.7. The van der Waals surface area contributed by atoms with Gasteiger partial charge in [-0.3, -0.25) is 9.59 Å². The van der Waals surface area contributed by atoms with Gasteiger partial charge in [0, 0.05) is 17.2 Å². The van der Waals surface area contributed by atoms with Crippen molar-refractivity contribution in [3.8, 4) is 17.2 Å². The molecular formula is C19H23NO6. The fraction of sp³-hybridized carbons (Fsp3) is 0.368. The van der Waals surface area contributed by atoms with Gasteiger partial charge in [-0.2, -0.15) is 0 Å². The summed E-state index contributed by atoms with van der Waals surface area (Å²) in [6.07, 6.45) is -0.128. The number of aryl methyl sites for hydroxylation is 1. The van der Waals surface area contributed by atoms with Gasteiger partial charge < -0.3 is 24.3 Å². The van der Waals surface area contributed by atoms with Crippen LogP contribution in [0.4, 0.5) is 0 Å². The number of ether oxygens (including phenoxy) is 3. The minimum Gasteiger partial charge on any atom is -0.507 e. The summed E-state index contributed by atoms with van der Waals surface area (Å²) in [5.74, 6) is -0.423. The van der Waals surface area contributed by atoms with E-state index in [9.17, 15) is 14.7 Å². The highest BCUT2D eigenvalue weighted by atomic mass is 16.5. The summed E-state index contributed by atoms with van der Waals surface area (Å²) in [7, 11) is 3.01. The highest BCUT2D eigenvalue weighted by molar-refractivity contribution is 5.72. The molecule has 140 valence electrons. The molecule has 2 aromatic rings. The zero-order valence-electron chi connectivity index (χ0n) is 15.3. The molecule has 0 unspecified atom stereocenters.